The van der Waals surface area contributed by atoms with Gasteiger partial charge in [-0.1, -0.05) is 23.2 Å². The lowest BCUT2D eigenvalue weighted by Crippen LogP contribution is -2.42. The molecule has 1 aromatic rings. The first kappa shape index (κ1) is 14.8. The van der Waals surface area contributed by atoms with Crippen molar-refractivity contribution in [1.82, 2.24) is 0 Å². The van der Waals surface area contributed by atoms with Gasteiger partial charge < -0.3 is 9.57 Å². The summed E-state index contributed by atoms with van der Waals surface area (Å²) < 4.78 is 6.01. The maximum absolute atomic E-state index is 6.01. The summed E-state index contributed by atoms with van der Waals surface area (Å²) in [6.07, 6.45) is 7.53. The minimum Gasteiger partial charge on any atom is -0.388 e. The lowest BCUT2D eigenvalue weighted by molar-refractivity contribution is -0.109. The molecule has 3 nitrogen and oxygen atoms in total. The number of hydrogen-bond acceptors (Lipinski definition) is 3. The highest BCUT2D eigenvalue weighted by Gasteiger charge is 2.48. The summed E-state index contributed by atoms with van der Waals surface area (Å²) in [7, 11) is 0. The number of hydrogen-bond donors (Lipinski definition) is 0. The van der Waals surface area contributed by atoms with Gasteiger partial charge in [0.15, 0.2) is 0 Å². The Bertz CT molecular complexity index is 679. The van der Waals surface area contributed by atoms with Gasteiger partial charge in [-0.05, 0) is 69.1 Å². The first-order chi connectivity index (χ1) is 11.2. The van der Waals surface area contributed by atoms with Crippen molar-refractivity contribution in [2.45, 2.75) is 63.1 Å². The zero-order valence-corrected chi connectivity index (χ0v) is 13.7. The molecule has 1 aromatic carbocycles. The lowest BCUT2D eigenvalue weighted by atomic mass is 9.73. The fourth-order valence-electron chi connectivity index (χ4n) is 4.03. The summed E-state index contributed by atoms with van der Waals surface area (Å²) >= 11 is 0. The highest BCUT2D eigenvalue weighted by Crippen LogP contribution is 2.47. The number of ether oxygens (including phenoxy) is 1. The predicted molar refractivity (Wildman–Crippen MR) is 90.3 cm³/mol. The zero-order chi connectivity index (χ0) is 15.8. The number of oxime groups is 1. The standard InChI is InChI=1S/C20H23NO2/c1-16-4-2-5-17(14-16)6-7-18-15-20(23-21-18)11-9-19(10-12-20)8-3-13-22-19/h2,4-5,14H,3,8-13,15H2,1H3. The summed E-state index contributed by atoms with van der Waals surface area (Å²) in [6.45, 7) is 3.01. The van der Waals surface area contributed by atoms with E-state index in [0.717, 1.165) is 50.0 Å². The van der Waals surface area contributed by atoms with Crippen LogP contribution in [0.5, 0.6) is 0 Å². The van der Waals surface area contributed by atoms with Crippen LogP contribution in [0.4, 0.5) is 0 Å². The monoisotopic (exact) mass is 309 g/mol. The average molecular weight is 309 g/mol. The number of benzene rings is 1. The van der Waals surface area contributed by atoms with E-state index in [1.165, 1.54) is 18.4 Å². The smallest absolute Gasteiger partial charge is 0.144 e. The molecule has 0 bridgehead atoms. The van der Waals surface area contributed by atoms with Crippen LogP contribution in [0.15, 0.2) is 29.4 Å². The van der Waals surface area contributed by atoms with Crippen LogP contribution in [0.3, 0.4) is 0 Å². The second kappa shape index (κ2) is 5.69. The molecule has 2 fully saturated rings. The fourth-order valence-corrected chi connectivity index (χ4v) is 4.03. The zero-order valence-electron chi connectivity index (χ0n) is 13.7. The number of nitrogens with zero attached hydrogens (tertiary/aromatic N) is 1. The Balaban J connectivity index is 1.40. The molecule has 4 rings (SSSR count). The topological polar surface area (TPSA) is 30.8 Å². The van der Waals surface area contributed by atoms with Gasteiger partial charge in [-0.2, -0.15) is 0 Å². The Kier molecular flexibility index (Phi) is 3.66. The number of rotatable bonds is 0. The molecule has 120 valence electrons. The molecule has 0 radical (unpaired) electrons. The second-order valence-electron chi connectivity index (χ2n) is 7.24. The van der Waals surface area contributed by atoms with E-state index >= 15 is 0 Å². The molecule has 1 aliphatic carbocycles. The van der Waals surface area contributed by atoms with Gasteiger partial charge in [0.25, 0.3) is 0 Å². The molecule has 0 aromatic heterocycles. The quantitative estimate of drug-likeness (QED) is 0.679. The Hall–Kier alpha value is -1.79. The molecule has 3 heteroatoms. The largest absolute Gasteiger partial charge is 0.388 e. The van der Waals surface area contributed by atoms with Gasteiger partial charge in [0.1, 0.15) is 11.3 Å². The van der Waals surface area contributed by atoms with Gasteiger partial charge in [-0.25, -0.2) is 0 Å². The van der Waals surface area contributed by atoms with E-state index in [-0.39, 0.29) is 11.2 Å². The van der Waals surface area contributed by atoms with E-state index in [4.69, 9.17) is 9.57 Å². The Labute approximate surface area is 138 Å². The van der Waals surface area contributed by atoms with Gasteiger partial charge in [0.05, 0.1) is 5.60 Å². The highest BCUT2D eigenvalue weighted by atomic mass is 16.7. The summed E-state index contributed by atoms with van der Waals surface area (Å²) in [5.74, 6) is 6.41. The second-order valence-corrected chi connectivity index (χ2v) is 7.24. The minimum atomic E-state index is -0.117. The first-order valence-corrected chi connectivity index (χ1v) is 8.65. The molecule has 1 saturated carbocycles. The first-order valence-electron chi connectivity index (χ1n) is 8.65. The molecule has 2 heterocycles. The molecular formula is C20H23NO2. The van der Waals surface area contributed by atoms with Gasteiger partial charge in [-0.3, -0.25) is 0 Å². The molecule has 0 N–H and O–H groups in total. The summed E-state index contributed by atoms with van der Waals surface area (Å²) in [5.41, 5.74) is 3.18. The molecule has 1 saturated heterocycles. The maximum Gasteiger partial charge on any atom is 0.144 e. The molecule has 2 spiro atoms. The van der Waals surface area contributed by atoms with Crippen LogP contribution < -0.4 is 0 Å². The Morgan fingerprint density at radius 3 is 2.61 bits per heavy atom. The fraction of sp³-hybridized carbons (Fsp3) is 0.550. The van der Waals surface area contributed by atoms with Crippen LogP contribution >= 0.6 is 0 Å². The van der Waals surface area contributed by atoms with E-state index in [0.29, 0.717) is 0 Å². The van der Waals surface area contributed by atoms with Crippen LogP contribution in [0.2, 0.25) is 0 Å². The van der Waals surface area contributed by atoms with Crippen molar-refractivity contribution in [3.05, 3.63) is 35.4 Å². The number of aryl methyl sites for hydroxylation is 1. The predicted octanol–water partition coefficient (Wildman–Crippen LogP) is 3.98. The van der Waals surface area contributed by atoms with Crippen molar-refractivity contribution in [2.24, 2.45) is 5.16 Å². The Morgan fingerprint density at radius 1 is 1.04 bits per heavy atom. The van der Waals surface area contributed by atoms with Crippen molar-refractivity contribution >= 4 is 5.71 Å². The van der Waals surface area contributed by atoms with Crippen LogP contribution in [0, 0.1) is 18.8 Å². The van der Waals surface area contributed by atoms with Gasteiger partial charge in [0, 0.05) is 18.6 Å². The summed E-state index contributed by atoms with van der Waals surface area (Å²) in [5, 5.41) is 4.27. The SMILES string of the molecule is Cc1cccc(C#CC2=NOC3(CCC4(CCCO4)CC3)C2)c1. The van der Waals surface area contributed by atoms with E-state index < -0.39 is 0 Å². The van der Waals surface area contributed by atoms with Crippen LogP contribution in [-0.4, -0.2) is 23.5 Å². The average Bonchev–Trinajstić information content (AvgIpc) is 3.17. The highest BCUT2D eigenvalue weighted by molar-refractivity contribution is 6.01. The normalized spacial score (nSPS) is 32.5. The van der Waals surface area contributed by atoms with Crippen molar-refractivity contribution in [2.75, 3.05) is 6.61 Å². The van der Waals surface area contributed by atoms with E-state index in [1.807, 2.05) is 12.1 Å². The lowest BCUT2D eigenvalue weighted by Gasteiger charge is -2.40. The van der Waals surface area contributed by atoms with Crippen LogP contribution in [0.1, 0.15) is 56.1 Å². The van der Waals surface area contributed by atoms with Crippen LogP contribution in [-0.2, 0) is 9.57 Å². The third-order valence-electron chi connectivity index (χ3n) is 5.47. The minimum absolute atomic E-state index is 0.117. The van der Waals surface area contributed by atoms with Crippen molar-refractivity contribution in [3.8, 4) is 11.8 Å². The van der Waals surface area contributed by atoms with Gasteiger partial charge in [0.2, 0.25) is 0 Å². The van der Waals surface area contributed by atoms with Crippen molar-refractivity contribution in [3.63, 3.8) is 0 Å². The van der Waals surface area contributed by atoms with E-state index in [1.54, 1.807) is 0 Å². The van der Waals surface area contributed by atoms with Crippen molar-refractivity contribution < 1.29 is 9.57 Å². The van der Waals surface area contributed by atoms with E-state index in [9.17, 15) is 0 Å². The van der Waals surface area contributed by atoms with Crippen LogP contribution in [0.25, 0.3) is 0 Å². The van der Waals surface area contributed by atoms with Gasteiger partial charge in [-0.15, -0.1) is 0 Å². The van der Waals surface area contributed by atoms with Crippen molar-refractivity contribution in [1.29, 1.82) is 0 Å². The summed E-state index contributed by atoms with van der Waals surface area (Å²) in [4.78, 5) is 5.84. The van der Waals surface area contributed by atoms with Gasteiger partial charge >= 0.3 is 0 Å². The molecule has 23 heavy (non-hydrogen) atoms. The Morgan fingerprint density at radius 2 is 1.87 bits per heavy atom. The molecule has 2 aliphatic heterocycles. The van der Waals surface area contributed by atoms with E-state index in [2.05, 4.69) is 36.1 Å². The molecule has 0 atom stereocenters. The molecular weight excluding hydrogens is 286 g/mol. The summed E-state index contributed by atoms with van der Waals surface area (Å²) in [6, 6.07) is 8.25. The third-order valence-corrected chi connectivity index (χ3v) is 5.47. The third kappa shape index (κ3) is 3.01. The maximum atomic E-state index is 6.01. The molecule has 0 amide bonds. The molecule has 0 unspecified atom stereocenters. The molecule has 3 aliphatic rings.